The molecule has 0 radical (unpaired) electrons. The van der Waals surface area contributed by atoms with Crippen molar-refractivity contribution in [2.24, 2.45) is 10.9 Å². The molecule has 0 aromatic rings. The quantitative estimate of drug-likeness (QED) is 0.274. The van der Waals surface area contributed by atoms with Gasteiger partial charge in [-0.15, -0.1) is 24.0 Å². The number of rotatable bonds is 6. The first-order valence-electron chi connectivity index (χ1n) is 11.0. The number of aliphatic imine (C=N–C) groups is 1. The number of hydrogen-bond donors (Lipinski definition) is 3. The molecule has 2 saturated heterocycles. The largest absolute Gasteiger partial charge is 0.357 e. The Hall–Kier alpha value is -1.10. The Bertz CT molecular complexity index is 549. The zero-order valence-corrected chi connectivity index (χ0v) is 20.0. The van der Waals surface area contributed by atoms with E-state index in [2.05, 4.69) is 32.7 Å². The lowest BCUT2D eigenvalue weighted by Gasteiger charge is -2.35. The SMILES string of the molecule is CCNC(=NCCN1CCN(C(=O)C2CCCC2)CC1)NC1CCC(=O)NC1.I. The van der Waals surface area contributed by atoms with Gasteiger partial charge in [-0.25, -0.2) is 0 Å². The molecule has 166 valence electrons. The van der Waals surface area contributed by atoms with Crippen LogP contribution < -0.4 is 16.0 Å². The average Bonchev–Trinajstić information content (AvgIpc) is 3.25. The Balaban J connectivity index is 0.00000300. The van der Waals surface area contributed by atoms with Crippen LogP contribution in [0.25, 0.3) is 0 Å². The van der Waals surface area contributed by atoms with Crippen molar-refractivity contribution in [1.82, 2.24) is 25.8 Å². The first-order chi connectivity index (χ1) is 13.7. The molecule has 1 unspecified atom stereocenters. The third-order valence-corrected chi connectivity index (χ3v) is 6.03. The number of amides is 2. The van der Waals surface area contributed by atoms with Crippen molar-refractivity contribution in [2.75, 3.05) is 52.4 Å². The molecule has 0 spiro atoms. The second-order valence-corrected chi connectivity index (χ2v) is 8.09. The maximum absolute atomic E-state index is 12.5. The molecule has 8 nitrogen and oxygen atoms in total. The van der Waals surface area contributed by atoms with Crippen LogP contribution in [0.1, 0.15) is 45.4 Å². The van der Waals surface area contributed by atoms with Gasteiger partial charge in [0, 0.05) is 64.2 Å². The molecule has 9 heteroatoms. The van der Waals surface area contributed by atoms with E-state index in [4.69, 9.17) is 4.99 Å². The van der Waals surface area contributed by atoms with Gasteiger partial charge in [-0.1, -0.05) is 12.8 Å². The van der Waals surface area contributed by atoms with Crippen molar-refractivity contribution in [3.63, 3.8) is 0 Å². The van der Waals surface area contributed by atoms with Crippen LogP contribution in [0.2, 0.25) is 0 Å². The third-order valence-electron chi connectivity index (χ3n) is 6.03. The Morgan fingerprint density at radius 1 is 1.17 bits per heavy atom. The number of guanidine groups is 1. The van der Waals surface area contributed by atoms with E-state index in [1.807, 2.05) is 0 Å². The predicted octanol–water partition coefficient (Wildman–Crippen LogP) is 0.773. The number of piperazine rings is 1. The lowest BCUT2D eigenvalue weighted by Crippen LogP contribution is -2.52. The van der Waals surface area contributed by atoms with Crippen LogP contribution >= 0.6 is 24.0 Å². The summed E-state index contributed by atoms with van der Waals surface area (Å²) in [6, 6.07) is 0.237. The molecule has 2 amide bonds. The summed E-state index contributed by atoms with van der Waals surface area (Å²) in [7, 11) is 0. The van der Waals surface area contributed by atoms with Crippen molar-refractivity contribution < 1.29 is 9.59 Å². The molecule has 29 heavy (non-hydrogen) atoms. The summed E-state index contributed by atoms with van der Waals surface area (Å²) in [4.78, 5) is 33.0. The summed E-state index contributed by atoms with van der Waals surface area (Å²) < 4.78 is 0. The highest BCUT2D eigenvalue weighted by atomic mass is 127. The van der Waals surface area contributed by atoms with Gasteiger partial charge in [-0.2, -0.15) is 0 Å². The summed E-state index contributed by atoms with van der Waals surface area (Å²) in [5.74, 6) is 1.62. The van der Waals surface area contributed by atoms with E-state index in [1.54, 1.807) is 0 Å². The maximum Gasteiger partial charge on any atom is 0.225 e. The van der Waals surface area contributed by atoms with E-state index in [0.717, 1.165) is 71.0 Å². The van der Waals surface area contributed by atoms with Crippen molar-refractivity contribution in [2.45, 2.75) is 51.5 Å². The number of nitrogens with one attached hydrogen (secondary N) is 3. The number of piperidine rings is 1. The molecule has 0 aromatic carbocycles. The number of carbonyl (C=O) groups excluding carboxylic acids is 2. The fourth-order valence-electron chi connectivity index (χ4n) is 4.30. The van der Waals surface area contributed by atoms with Gasteiger partial charge in [0.2, 0.25) is 11.8 Å². The number of carbonyl (C=O) groups is 2. The highest BCUT2D eigenvalue weighted by Crippen LogP contribution is 2.26. The molecule has 0 bridgehead atoms. The van der Waals surface area contributed by atoms with Crippen molar-refractivity contribution in [3.05, 3.63) is 0 Å². The molecule has 1 aliphatic carbocycles. The average molecular weight is 520 g/mol. The highest BCUT2D eigenvalue weighted by Gasteiger charge is 2.29. The van der Waals surface area contributed by atoms with Crippen LogP contribution in [0.4, 0.5) is 0 Å². The van der Waals surface area contributed by atoms with Crippen LogP contribution in [-0.4, -0.2) is 86.0 Å². The van der Waals surface area contributed by atoms with E-state index in [9.17, 15) is 9.59 Å². The first-order valence-corrected chi connectivity index (χ1v) is 11.0. The van der Waals surface area contributed by atoms with Gasteiger partial charge < -0.3 is 20.9 Å². The van der Waals surface area contributed by atoms with E-state index in [0.29, 0.717) is 18.9 Å². The molecule has 1 atom stereocenters. The van der Waals surface area contributed by atoms with Crippen LogP contribution in [0.3, 0.4) is 0 Å². The molecular weight excluding hydrogens is 483 g/mol. The van der Waals surface area contributed by atoms with Gasteiger partial charge in [0.25, 0.3) is 0 Å². The lowest BCUT2D eigenvalue weighted by molar-refractivity contribution is -0.137. The number of nitrogens with zero attached hydrogens (tertiary/aromatic N) is 3. The molecular formula is C20H37IN6O2. The number of hydrogen-bond acceptors (Lipinski definition) is 4. The molecule has 2 aliphatic heterocycles. The van der Waals surface area contributed by atoms with Crippen molar-refractivity contribution in [1.29, 1.82) is 0 Å². The Morgan fingerprint density at radius 3 is 2.52 bits per heavy atom. The summed E-state index contributed by atoms with van der Waals surface area (Å²) >= 11 is 0. The van der Waals surface area contributed by atoms with Gasteiger partial charge in [-0.3, -0.25) is 19.5 Å². The van der Waals surface area contributed by atoms with E-state index in [1.165, 1.54) is 12.8 Å². The predicted molar refractivity (Wildman–Crippen MR) is 126 cm³/mol. The molecule has 2 heterocycles. The smallest absolute Gasteiger partial charge is 0.225 e. The monoisotopic (exact) mass is 520 g/mol. The van der Waals surface area contributed by atoms with E-state index in [-0.39, 0.29) is 41.8 Å². The highest BCUT2D eigenvalue weighted by molar-refractivity contribution is 14.0. The Morgan fingerprint density at radius 2 is 1.90 bits per heavy atom. The lowest BCUT2D eigenvalue weighted by atomic mass is 10.1. The molecule has 3 rings (SSSR count). The van der Waals surface area contributed by atoms with Crippen LogP contribution in [0, 0.1) is 5.92 Å². The van der Waals surface area contributed by atoms with Gasteiger partial charge in [0.1, 0.15) is 0 Å². The Kier molecular flexibility index (Phi) is 10.5. The van der Waals surface area contributed by atoms with Gasteiger partial charge in [0.15, 0.2) is 5.96 Å². The summed E-state index contributed by atoms with van der Waals surface area (Å²) in [5.41, 5.74) is 0. The molecule has 1 saturated carbocycles. The molecule has 0 aromatic heterocycles. The zero-order chi connectivity index (χ0) is 19.8. The summed E-state index contributed by atoms with van der Waals surface area (Å²) in [6.07, 6.45) is 6.00. The van der Waals surface area contributed by atoms with Crippen molar-refractivity contribution in [3.8, 4) is 0 Å². The molecule has 3 N–H and O–H groups in total. The number of halogens is 1. The van der Waals surface area contributed by atoms with Crippen LogP contribution in [-0.2, 0) is 9.59 Å². The zero-order valence-electron chi connectivity index (χ0n) is 17.6. The summed E-state index contributed by atoms with van der Waals surface area (Å²) in [6.45, 7) is 8.72. The standard InChI is InChI=1S/C20H36N6O2.HI/c1-2-21-20(24-17-7-8-18(27)23-15-17)22-9-10-25-11-13-26(14-12-25)19(28)16-5-3-4-6-16;/h16-17H,2-15H2,1H3,(H,23,27)(H2,21,22,24);1H. The van der Waals surface area contributed by atoms with Crippen molar-refractivity contribution >= 4 is 41.8 Å². The second kappa shape index (κ2) is 12.6. The first kappa shape index (κ1) is 24.2. The normalized spacial score (nSPS) is 24.0. The van der Waals surface area contributed by atoms with Gasteiger partial charge in [-0.05, 0) is 26.2 Å². The van der Waals surface area contributed by atoms with Crippen LogP contribution in [0.5, 0.6) is 0 Å². The Labute approximate surface area is 191 Å². The van der Waals surface area contributed by atoms with Gasteiger partial charge >= 0.3 is 0 Å². The fourth-order valence-corrected chi connectivity index (χ4v) is 4.30. The maximum atomic E-state index is 12.5. The van der Waals surface area contributed by atoms with E-state index < -0.39 is 0 Å². The molecule has 3 fully saturated rings. The summed E-state index contributed by atoms with van der Waals surface area (Å²) in [5, 5.41) is 9.60. The minimum Gasteiger partial charge on any atom is -0.357 e. The minimum absolute atomic E-state index is 0. The molecule has 3 aliphatic rings. The topological polar surface area (TPSA) is 89.1 Å². The van der Waals surface area contributed by atoms with Gasteiger partial charge in [0.05, 0.1) is 6.54 Å². The van der Waals surface area contributed by atoms with E-state index >= 15 is 0 Å². The van der Waals surface area contributed by atoms with Crippen LogP contribution in [0.15, 0.2) is 4.99 Å². The fraction of sp³-hybridized carbons (Fsp3) is 0.850. The minimum atomic E-state index is 0. The third kappa shape index (κ3) is 7.58. The second-order valence-electron chi connectivity index (χ2n) is 8.09.